The molecule has 0 saturated carbocycles. The Morgan fingerprint density at radius 3 is 2.10 bits per heavy atom. The Morgan fingerprint density at radius 1 is 0.850 bits per heavy atom. The molecule has 0 saturated heterocycles. The van der Waals surface area contributed by atoms with Crippen LogP contribution in [-0.2, 0) is 0 Å². The zero-order chi connectivity index (χ0) is 14.4. The van der Waals surface area contributed by atoms with Crippen LogP contribution in [0.25, 0.3) is 10.8 Å². The summed E-state index contributed by atoms with van der Waals surface area (Å²) in [6, 6.07) is 22.1. The van der Waals surface area contributed by atoms with Crippen LogP contribution in [0.2, 0.25) is 0 Å². The molecule has 0 bridgehead atoms. The molecule has 0 aliphatic rings. The maximum atomic E-state index is 5.72. The van der Waals surface area contributed by atoms with E-state index in [0.29, 0.717) is 0 Å². The molecule has 0 aliphatic heterocycles. The van der Waals surface area contributed by atoms with Gasteiger partial charge in [0.15, 0.2) is 0 Å². The lowest BCUT2D eigenvalue weighted by atomic mass is 10.1. The number of benzene rings is 3. The van der Waals surface area contributed by atoms with E-state index in [4.69, 9.17) is 10.5 Å². The van der Waals surface area contributed by atoms with Crippen molar-refractivity contribution in [3.8, 4) is 5.75 Å². The van der Waals surface area contributed by atoms with E-state index in [-0.39, 0.29) is 0 Å². The Labute approximate surface area is 119 Å². The highest BCUT2D eigenvalue weighted by Gasteiger charge is 2.00. The van der Waals surface area contributed by atoms with Crippen molar-refractivity contribution in [1.29, 1.82) is 0 Å². The van der Waals surface area contributed by atoms with E-state index in [2.05, 4.69) is 19.1 Å². The highest BCUT2D eigenvalue weighted by molar-refractivity contribution is 5.91. The molecule has 0 fully saturated rings. The highest BCUT2D eigenvalue weighted by Crippen LogP contribution is 2.27. The number of rotatable bonds is 1. The van der Waals surface area contributed by atoms with Crippen LogP contribution in [0.15, 0.2) is 66.7 Å². The molecule has 0 radical (unpaired) electrons. The molecule has 3 aromatic carbocycles. The second kappa shape index (κ2) is 6.62. The SMILES string of the molecule is COc1cc(N)cc2ccccc12.Cc1ccccc1. The number of aryl methyl sites for hydroxylation is 1. The van der Waals surface area contributed by atoms with Crippen LogP contribution < -0.4 is 10.5 Å². The topological polar surface area (TPSA) is 35.2 Å². The average molecular weight is 265 g/mol. The van der Waals surface area contributed by atoms with Gasteiger partial charge in [0.25, 0.3) is 0 Å². The van der Waals surface area contributed by atoms with Gasteiger partial charge in [-0.2, -0.15) is 0 Å². The van der Waals surface area contributed by atoms with Gasteiger partial charge < -0.3 is 10.5 Å². The minimum Gasteiger partial charge on any atom is -0.496 e. The predicted molar refractivity (Wildman–Crippen MR) is 86.1 cm³/mol. The first-order chi connectivity index (χ1) is 9.70. The number of ether oxygens (including phenoxy) is 1. The van der Waals surface area contributed by atoms with Crippen molar-refractivity contribution >= 4 is 16.5 Å². The molecule has 0 atom stereocenters. The lowest BCUT2D eigenvalue weighted by Gasteiger charge is -2.06. The molecule has 2 N–H and O–H groups in total. The fourth-order valence-electron chi connectivity index (χ4n) is 2.00. The molecule has 102 valence electrons. The third-order valence-corrected chi connectivity index (χ3v) is 3.01. The molecule has 0 heterocycles. The molecule has 0 amide bonds. The van der Waals surface area contributed by atoms with Crippen molar-refractivity contribution in [3.63, 3.8) is 0 Å². The molecule has 3 aromatic rings. The Hall–Kier alpha value is -2.48. The minimum absolute atomic E-state index is 0.732. The van der Waals surface area contributed by atoms with Gasteiger partial charge in [0, 0.05) is 17.1 Å². The Balaban J connectivity index is 0.000000178. The van der Waals surface area contributed by atoms with Crippen molar-refractivity contribution in [1.82, 2.24) is 0 Å². The Kier molecular flexibility index (Phi) is 4.61. The van der Waals surface area contributed by atoms with Crippen molar-refractivity contribution in [2.45, 2.75) is 6.92 Å². The van der Waals surface area contributed by atoms with Gasteiger partial charge in [-0.15, -0.1) is 0 Å². The van der Waals surface area contributed by atoms with Crippen LogP contribution in [0.4, 0.5) is 5.69 Å². The monoisotopic (exact) mass is 265 g/mol. The molecule has 2 heteroatoms. The molecule has 0 spiro atoms. The van der Waals surface area contributed by atoms with E-state index < -0.39 is 0 Å². The van der Waals surface area contributed by atoms with Crippen LogP contribution in [0.5, 0.6) is 5.75 Å². The maximum absolute atomic E-state index is 5.72. The summed E-state index contributed by atoms with van der Waals surface area (Å²) in [7, 11) is 1.65. The summed E-state index contributed by atoms with van der Waals surface area (Å²) in [4.78, 5) is 0. The largest absolute Gasteiger partial charge is 0.496 e. The highest BCUT2D eigenvalue weighted by atomic mass is 16.5. The summed E-state index contributed by atoms with van der Waals surface area (Å²) < 4.78 is 5.23. The van der Waals surface area contributed by atoms with Gasteiger partial charge in [-0.05, 0) is 18.4 Å². The van der Waals surface area contributed by atoms with Gasteiger partial charge in [-0.1, -0.05) is 60.2 Å². The Bertz CT molecular complexity index is 677. The van der Waals surface area contributed by atoms with Crippen LogP contribution in [0.3, 0.4) is 0 Å². The third kappa shape index (κ3) is 3.51. The van der Waals surface area contributed by atoms with E-state index in [9.17, 15) is 0 Å². The van der Waals surface area contributed by atoms with Crippen LogP contribution >= 0.6 is 0 Å². The van der Waals surface area contributed by atoms with Crippen molar-refractivity contribution in [2.24, 2.45) is 0 Å². The lowest BCUT2D eigenvalue weighted by molar-refractivity contribution is 0.420. The second-order valence-electron chi connectivity index (χ2n) is 4.60. The summed E-state index contributed by atoms with van der Waals surface area (Å²) in [6.45, 7) is 2.08. The van der Waals surface area contributed by atoms with Crippen molar-refractivity contribution < 1.29 is 4.74 Å². The molecule has 0 aromatic heterocycles. The number of hydrogen-bond donors (Lipinski definition) is 1. The van der Waals surface area contributed by atoms with Gasteiger partial charge in [0.05, 0.1) is 7.11 Å². The predicted octanol–water partition coefficient (Wildman–Crippen LogP) is 4.43. The van der Waals surface area contributed by atoms with Gasteiger partial charge >= 0.3 is 0 Å². The summed E-state index contributed by atoms with van der Waals surface area (Å²) >= 11 is 0. The number of methoxy groups -OCH3 is 1. The van der Waals surface area contributed by atoms with Gasteiger partial charge in [-0.25, -0.2) is 0 Å². The maximum Gasteiger partial charge on any atom is 0.128 e. The van der Waals surface area contributed by atoms with Crippen molar-refractivity contribution in [3.05, 3.63) is 72.3 Å². The zero-order valence-corrected chi connectivity index (χ0v) is 11.8. The van der Waals surface area contributed by atoms with E-state index in [1.54, 1.807) is 7.11 Å². The van der Waals surface area contributed by atoms with E-state index in [0.717, 1.165) is 22.2 Å². The molecule has 20 heavy (non-hydrogen) atoms. The molecular weight excluding hydrogens is 246 g/mol. The number of fused-ring (bicyclic) bond motifs is 1. The van der Waals surface area contributed by atoms with Crippen molar-refractivity contribution in [2.75, 3.05) is 12.8 Å². The second-order valence-corrected chi connectivity index (χ2v) is 4.60. The fourth-order valence-corrected chi connectivity index (χ4v) is 2.00. The van der Waals surface area contributed by atoms with E-state index >= 15 is 0 Å². The van der Waals surface area contributed by atoms with Gasteiger partial charge in [-0.3, -0.25) is 0 Å². The fraction of sp³-hybridized carbons (Fsp3) is 0.111. The van der Waals surface area contributed by atoms with Crippen LogP contribution in [-0.4, -0.2) is 7.11 Å². The Morgan fingerprint density at radius 2 is 1.50 bits per heavy atom. The summed E-state index contributed by atoms with van der Waals surface area (Å²) in [5.41, 5.74) is 7.77. The van der Waals surface area contributed by atoms with Gasteiger partial charge in [0.1, 0.15) is 5.75 Å². The summed E-state index contributed by atoms with van der Waals surface area (Å²) in [5.74, 6) is 0.829. The molecule has 3 rings (SSSR count). The number of anilines is 1. The third-order valence-electron chi connectivity index (χ3n) is 3.01. The normalized spacial score (nSPS) is 9.70. The van der Waals surface area contributed by atoms with Gasteiger partial charge in [0.2, 0.25) is 0 Å². The first-order valence-electron chi connectivity index (χ1n) is 6.54. The summed E-state index contributed by atoms with van der Waals surface area (Å²) in [6.07, 6.45) is 0. The molecule has 0 aliphatic carbocycles. The van der Waals surface area contributed by atoms with Crippen LogP contribution in [0.1, 0.15) is 5.56 Å². The number of nitrogen functional groups attached to an aromatic ring is 1. The number of nitrogens with two attached hydrogens (primary N) is 1. The molecule has 2 nitrogen and oxygen atoms in total. The first-order valence-corrected chi connectivity index (χ1v) is 6.54. The standard InChI is InChI=1S/C11H11NO.C7H8/c1-13-11-7-9(12)6-8-4-2-3-5-10(8)11;1-7-5-3-2-4-6-7/h2-7H,12H2,1H3;2-6H,1H3. The smallest absolute Gasteiger partial charge is 0.128 e. The quantitative estimate of drug-likeness (QED) is 0.661. The molecular formula is C18H19NO. The number of hydrogen-bond acceptors (Lipinski definition) is 2. The summed E-state index contributed by atoms with van der Waals surface area (Å²) in [5, 5.41) is 2.21. The average Bonchev–Trinajstić information content (AvgIpc) is 2.47. The minimum atomic E-state index is 0.732. The first kappa shape index (κ1) is 13.9. The van der Waals surface area contributed by atoms with Crippen LogP contribution in [0, 0.1) is 6.92 Å². The zero-order valence-electron chi connectivity index (χ0n) is 11.8. The van der Waals surface area contributed by atoms with E-state index in [1.807, 2.05) is 54.6 Å². The van der Waals surface area contributed by atoms with E-state index in [1.165, 1.54) is 5.56 Å². The molecule has 0 unspecified atom stereocenters. The lowest BCUT2D eigenvalue weighted by Crippen LogP contribution is -1.89.